The minimum Gasteiger partial charge on any atom is -0.387 e. The van der Waals surface area contributed by atoms with Gasteiger partial charge in [-0.2, -0.15) is 8.42 Å². The van der Waals surface area contributed by atoms with Crippen LogP contribution in [0.3, 0.4) is 0 Å². The molecule has 0 heterocycles. The van der Waals surface area contributed by atoms with E-state index in [9.17, 15) is 28.0 Å². The summed E-state index contributed by atoms with van der Waals surface area (Å²) in [7, 11) is -4.46. The van der Waals surface area contributed by atoms with Crippen molar-refractivity contribution in [3.8, 4) is 0 Å². The van der Waals surface area contributed by atoms with Crippen LogP contribution in [0.4, 0.5) is 0 Å². The second-order valence-electron chi connectivity index (χ2n) is 15.8. The summed E-state index contributed by atoms with van der Waals surface area (Å²) in [6, 6.07) is -1.25. The second kappa shape index (κ2) is 39.7. The van der Waals surface area contributed by atoms with Crippen molar-refractivity contribution in [1.82, 2.24) is 5.32 Å². The first-order chi connectivity index (χ1) is 26.2. The highest BCUT2D eigenvalue weighted by Crippen LogP contribution is 2.15. The molecule has 0 aliphatic heterocycles. The Morgan fingerprint density at radius 1 is 0.500 bits per heavy atom. The van der Waals surface area contributed by atoms with Crippen molar-refractivity contribution in [2.45, 2.75) is 244 Å². The van der Waals surface area contributed by atoms with E-state index in [-0.39, 0.29) is 6.42 Å². The summed E-state index contributed by atoms with van der Waals surface area (Å²) in [5.41, 5.74) is 0. The van der Waals surface area contributed by atoms with Gasteiger partial charge in [-0.05, 0) is 44.9 Å². The number of carbonyl (C=O) groups excluding carboxylic acids is 1. The molecule has 7 nitrogen and oxygen atoms in total. The fourth-order valence-electron chi connectivity index (χ4n) is 6.90. The minimum atomic E-state index is -4.46. The molecule has 3 unspecified atom stereocenters. The molecule has 0 aliphatic rings. The van der Waals surface area contributed by atoms with Crippen LogP contribution in [-0.2, 0) is 14.9 Å². The van der Waals surface area contributed by atoms with Crippen molar-refractivity contribution in [3.05, 3.63) is 36.5 Å². The van der Waals surface area contributed by atoms with Crippen LogP contribution in [0.25, 0.3) is 0 Å². The van der Waals surface area contributed by atoms with Gasteiger partial charge in [0.05, 0.1) is 17.9 Å². The van der Waals surface area contributed by atoms with E-state index in [1.165, 1.54) is 154 Å². The van der Waals surface area contributed by atoms with Crippen LogP contribution in [-0.4, -0.2) is 53.1 Å². The molecule has 0 aromatic heterocycles. The lowest BCUT2D eigenvalue weighted by molar-refractivity contribution is -0.130. The topological polar surface area (TPSA) is 124 Å². The number of aliphatic hydroxyl groups excluding tert-OH is 2. The normalized spacial score (nSPS) is 14.1. The number of nitrogens with one attached hydrogen (secondary N) is 1. The largest absolute Gasteiger partial charge is 0.387 e. The summed E-state index contributed by atoms with van der Waals surface area (Å²) in [6.07, 6.45) is 49.2. The number of carbonyl (C=O) groups is 1. The number of aliphatic hydroxyl groups is 2. The van der Waals surface area contributed by atoms with Gasteiger partial charge < -0.3 is 15.5 Å². The maximum atomic E-state index is 12.6. The molecule has 0 fully saturated rings. The average Bonchev–Trinajstić information content (AvgIpc) is 3.14. The van der Waals surface area contributed by atoms with Crippen LogP contribution in [0.2, 0.25) is 0 Å². The van der Waals surface area contributed by atoms with E-state index in [0.29, 0.717) is 12.8 Å². The van der Waals surface area contributed by atoms with E-state index in [0.717, 1.165) is 44.9 Å². The quantitative estimate of drug-likeness (QED) is 0.0278. The Morgan fingerprint density at radius 3 is 1.22 bits per heavy atom. The highest BCUT2D eigenvalue weighted by molar-refractivity contribution is 7.85. The van der Waals surface area contributed by atoms with Crippen LogP contribution >= 0.6 is 0 Å². The van der Waals surface area contributed by atoms with Crippen LogP contribution in [0.15, 0.2) is 36.5 Å². The van der Waals surface area contributed by atoms with E-state index in [1.54, 1.807) is 6.08 Å². The maximum absolute atomic E-state index is 12.6. The predicted molar refractivity (Wildman–Crippen MR) is 231 cm³/mol. The first-order valence-electron chi connectivity index (χ1n) is 22.8. The van der Waals surface area contributed by atoms with Crippen LogP contribution in [0.5, 0.6) is 0 Å². The van der Waals surface area contributed by atoms with Gasteiger partial charge in [0.15, 0.2) is 0 Å². The molecular weight excluding hydrogens is 695 g/mol. The summed E-state index contributed by atoms with van der Waals surface area (Å²) in [5, 5.41) is 23.4. The lowest BCUT2D eigenvalue weighted by Gasteiger charge is -2.22. The molecule has 0 aliphatic carbocycles. The molecule has 0 bridgehead atoms. The number of hydrogen-bond donors (Lipinski definition) is 4. The van der Waals surface area contributed by atoms with E-state index < -0.39 is 40.0 Å². The molecule has 0 radical (unpaired) electrons. The predicted octanol–water partition coefficient (Wildman–Crippen LogP) is 12.7. The van der Waals surface area contributed by atoms with E-state index >= 15 is 0 Å². The first-order valence-corrected chi connectivity index (χ1v) is 24.4. The molecule has 0 saturated heterocycles. The Balaban J connectivity index is 4.04. The number of rotatable bonds is 41. The molecule has 3 atom stereocenters. The molecule has 4 N–H and O–H groups in total. The second-order valence-corrected chi connectivity index (χ2v) is 17.3. The van der Waals surface area contributed by atoms with Crippen LogP contribution in [0.1, 0.15) is 226 Å². The van der Waals surface area contributed by atoms with Crippen LogP contribution in [0, 0.1) is 0 Å². The zero-order valence-corrected chi connectivity index (χ0v) is 36.0. The van der Waals surface area contributed by atoms with Gasteiger partial charge in [-0.1, -0.05) is 217 Å². The maximum Gasteiger partial charge on any atom is 0.267 e. The Morgan fingerprint density at radius 2 is 0.833 bits per heavy atom. The molecule has 0 rings (SSSR count). The zero-order valence-electron chi connectivity index (χ0n) is 35.2. The standard InChI is InChI=1S/C46H87NO6S/c1-3-5-7-9-11-13-15-17-19-21-22-23-24-25-27-28-30-32-34-36-38-40-44(48)43(42-54(51,52)53)47-46(50)45(49)41-39-37-35-33-31-29-26-20-18-16-14-12-10-8-6-4-2/h24-25,30,32,38,40,43-45,48-49H,3-23,26-29,31,33-37,39,41-42H2,1-2H3,(H,47,50)(H,51,52,53)/b25-24+,32-30+,40-38+. The van der Waals surface area contributed by atoms with Crippen molar-refractivity contribution < 1.29 is 28.0 Å². The monoisotopic (exact) mass is 782 g/mol. The SMILES string of the molecule is CCCCCCCCCCCCC/C=C/CC/C=C/CC/C=C/C(O)C(CS(=O)(=O)O)NC(=O)C(O)CCCCCCCCCCCCCCCCCC. The van der Waals surface area contributed by atoms with Gasteiger partial charge in [0, 0.05) is 0 Å². The molecule has 0 saturated carbocycles. The van der Waals surface area contributed by atoms with Crippen molar-refractivity contribution in [2.75, 3.05) is 5.75 Å². The van der Waals surface area contributed by atoms with Crippen molar-refractivity contribution in [3.63, 3.8) is 0 Å². The summed E-state index contributed by atoms with van der Waals surface area (Å²) < 4.78 is 32.6. The smallest absolute Gasteiger partial charge is 0.267 e. The number of unbranched alkanes of at least 4 members (excludes halogenated alkanes) is 28. The van der Waals surface area contributed by atoms with Gasteiger partial charge in [-0.3, -0.25) is 9.35 Å². The third kappa shape index (κ3) is 38.8. The van der Waals surface area contributed by atoms with Gasteiger partial charge in [0.2, 0.25) is 5.91 Å². The third-order valence-electron chi connectivity index (χ3n) is 10.4. The molecule has 54 heavy (non-hydrogen) atoms. The first kappa shape index (κ1) is 52.5. The van der Waals surface area contributed by atoms with Crippen LogP contribution < -0.4 is 5.32 Å². The number of allylic oxidation sites excluding steroid dienone is 5. The Kier molecular flexibility index (Phi) is 38.7. The van der Waals surface area contributed by atoms with E-state index in [1.807, 2.05) is 0 Å². The summed E-state index contributed by atoms with van der Waals surface area (Å²) in [4.78, 5) is 12.6. The average molecular weight is 782 g/mol. The molecule has 8 heteroatoms. The minimum absolute atomic E-state index is 0.274. The lowest BCUT2D eigenvalue weighted by atomic mass is 10.0. The summed E-state index contributed by atoms with van der Waals surface area (Å²) in [5.74, 6) is -1.56. The molecular formula is C46H87NO6S. The highest BCUT2D eigenvalue weighted by Gasteiger charge is 2.27. The van der Waals surface area contributed by atoms with Gasteiger partial charge in [-0.25, -0.2) is 0 Å². The van der Waals surface area contributed by atoms with Crippen molar-refractivity contribution in [2.24, 2.45) is 0 Å². The lowest BCUT2D eigenvalue weighted by Crippen LogP contribution is -2.50. The Hall–Kier alpha value is -1.48. The van der Waals surface area contributed by atoms with Crippen molar-refractivity contribution >= 4 is 16.0 Å². The fourth-order valence-corrected chi connectivity index (χ4v) is 7.64. The van der Waals surface area contributed by atoms with Gasteiger partial charge in [-0.15, -0.1) is 0 Å². The third-order valence-corrected chi connectivity index (χ3v) is 11.2. The van der Waals surface area contributed by atoms with E-state index in [4.69, 9.17) is 0 Å². The Labute approximate surface area is 334 Å². The molecule has 318 valence electrons. The highest BCUT2D eigenvalue weighted by atomic mass is 32.2. The fraction of sp³-hybridized carbons (Fsp3) is 0.848. The summed E-state index contributed by atoms with van der Waals surface area (Å²) in [6.45, 7) is 4.53. The number of amides is 1. The summed E-state index contributed by atoms with van der Waals surface area (Å²) >= 11 is 0. The molecule has 0 aromatic rings. The zero-order chi connectivity index (χ0) is 39.8. The van der Waals surface area contributed by atoms with Crippen molar-refractivity contribution in [1.29, 1.82) is 0 Å². The molecule has 0 aromatic carbocycles. The van der Waals surface area contributed by atoms with E-state index in [2.05, 4.69) is 43.5 Å². The molecule has 1 amide bonds. The Bertz CT molecular complexity index is 1010. The van der Waals surface area contributed by atoms with Gasteiger partial charge in [0.25, 0.3) is 10.1 Å². The van der Waals surface area contributed by atoms with Gasteiger partial charge >= 0.3 is 0 Å². The molecule has 0 spiro atoms. The van der Waals surface area contributed by atoms with Gasteiger partial charge in [0.1, 0.15) is 6.10 Å². The number of hydrogen-bond acceptors (Lipinski definition) is 5.